The lowest BCUT2D eigenvalue weighted by Crippen LogP contribution is -2.43. The van der Waals surface area contributed by atoms with Crippen LogP contribution in [0.1, 0.15) is 29.7 Å². The van der Waals surface area contributed by atoms with Crippen molar-refractivity contribution in [3.05, 3.63) is 95.6 Å². The van der Waals surface area contributed by atoms with Gasteiger partial charge in [0.15, 0.2) is 0 Å². The van der Waals surface area contributed by atoms with E-state index in [-0.39, 0.29) is 5.91 Å². The van der Waals surface area contributed by atoms with Gasteiger partial charge in [0.2, 0.25) is 0 Å². The van der Waals surface area contributed by atoms with Crippen LogP contribution in [0.3, 0.4) is 0 Å². The van der Waals surface area contributed by atoms with Crippen molar-refractivity contribution in [1.82, 2.24) is 5.32 Å². The van der Waals surface area contributed by atoms with E-state index in [9.17, 15) is 9.59 Å². The summed E-state index contributed by atoms with van der Waals surface area (Å²) >= 11 is 0. The van der Waals surface area contributed by atoms with Crippen LogP contribution >= 0.6 is 0 Å². The van der Waals surface area contributed by atoms with Gasteiger partial charge in [-0.25, -0.2) is 4.79 Å². The molecular weight excluding hydrogens is 374 g/mol. The highest BCUT2D eigenvalue weighted by Gasteiger charge is 2.32. The molecule has 0 saturated carbocycles. The summed E-state index contributed by atoms with van der Waals surface area (Å²) < 4.78 is 0. The molecule has 3 aromatic carbocycles. The first-order valence-corrected chi connectivity index (χ1v) is 10.3. The van der Waals surface area contributed by atoms with Crippen LogP contribution < -0.4 is 15.5 Å². The van der Waals surface area contributed by atoms with Gasteiger partial charge in [-0.2, -0.15) is 0 Å². The van der Waals surface area contributed by atoms with E-state index in [0.29, 0.717) is 12.2 Å². The highest BCUT2D eigenvalue weighted by molar-refractivity contribution is 6.02. The second-order valence-corrected chi connectivity index (χ2v) is 7.36. The molecule has 0 spiro atoms. The van der Waals surface area contributed by atoms with Gasteiger partial charge in [0, 0.05) is 17.9 Å². The van der Waals surface area contributed by atoms with Crippen LogP contribution in [0.4, 0.5) is 16.2 Å². The number of benzene rings is 3. The van der Waals surface area contributed by atoms with Gasteiger partial charge in [-0.1, -0.05) is 67.6 Å². The number of hydrogen-bond donors (Lipinski definition) is 2. The molecule has 0 aliphatic carbocycles. The fourth-order valence-electron chi connectivity index (χ4n) is 3.78. The Morgan fingerprint density at radius 1 is 0.933 bits per heavy atom. The molecule has 0 unspecified atom stereocenters. The molecule has 152 valence electrons. The maximum absolute atomic E-state index is 13.5. The molecule has 30 heavy (non-hydrogen) atoms. The average molecular weight is 399 g/mol. The molecule has 0 saturated heterocycles. The highest BCUT2D eigenvalue weighted by atomic mass is 16.2. The number of urea groups is 1. The number of hydrogen-bond acceptors (Lipinski definition) is 2. The zero-order valence-electron chi connectivity index (χ0n) is 17.0. The second kappa shape index (κ2) is 8.82. The van der Waals surface area contributed by atoms with E-state index >= 15 is 0 Å². The third-order valence-electron chi connectivity index (χ3n) is 5.43. The Hall–Kier alpha value is -3.60. The van der Waals surface area contributed by atoms with E-state index in [4.69, 9.17) is 0 Å². The number of anilines is 2. The number of fused-ring (bicyclic) bond motifs is 1. The second-order valence-electron chi connectivity index (χ2n) is 7.36. The number of amides is 3. The van der Waals surface area contributed by atoms with Gasteiger partial charge in [-0.15, -0.1) is 0 Å². The van der Waals surface area contributed by atoms with Crippen molar-refractivity contribution in [2.75, 3.05) is 16.8 Å². The predicted octanol–water partition coefficient (Wildman–Crippen LogP) is 4.70. The smallest absolute Gasteiger partial charge is 0.320 e. The van der Waals surface area contributed by atoms with Crippen molar-refractivity contribution in [1.29, 1.82) is 0 Å². The Morgan fingerprint density at radius 3 is 2.37 bits per heavy atom. The van der Waals surface area contributed by atoms with Crippen molar-refractivity contribution < 1.29 is 9.59 Å². The number of carbonyl (C=O) groups is 2. The third kappa shape index (κ3) is 4.20. The van der Waals surface area contributed by atoms with Crippen LogP contribution in [0.5, 0.6) is 0 Å². The maximum Gasteiger partial charge on any atom is 0.320 e. The minimum absolute atomic E-state index is 0.136. The van der Waals surface area contributed by atoms with Gasteiger partial charge in [0.25, 0.3) is 5.91 Å². The van der Waals surface area contributed by atoms with E-state index in [1.807, 2.05) is 78.9 Å². The highest BCUT2D eigenvalue weighted by Crippen LogP contribution is 2.30. The van der Waals surface area contributed by atoms with Crippen molar-refractivity contribution in [3.63, 3.8) is 0 Å². The molecule has 3 aromatic rings. The number of nitrogens with zero attached hydrogens (tertiary/aromatic N) is 1. The van der Waals surface area contributed by atoms with Gasteiger partial charge in [-0.05, 0) is 47.7 Å². The zero-order chi connectivity index (χ0) is 20.9. The Balaban J connectivity index is 1.54. The van der Waals surface area contributed by atoms with E-state index in [1.54, 1.807) is 4.90 Å². The van der Waals surface area contributed by atoms with Crippen LogP contribution in [-0.4, -0.2) is 18.5 Å². The van der Waals surface area contributed by atoms with E-state index in [1.165, 1.54) is 5.56 Å². The number of carbonyl (C=O) groups excluding carboxylic acids is 2. The van der Waals surface area contributed by atoms with Crippen molar-refractivity contribution >= 4 is 23.3 Å². The first-order valence-electron chi connectivity index (χ1n) is 10.3. The summed E-state index contributed by atoms with van der Waals surface area (Å²) in [6.45, 7) is 2.70. The molecular formula is C25H25N3O2. The van der Waals surface area contributed by atoms with E-state index in [2.05, 4.69) is 17.6 Å². The summed E-state index contributed by atoms with van der Waals surface area (Å²) in [6.07, 6.45) is 1.76. The molecule has 0 bridgehead atoms. The first kappa shape index (κ1) is 19.7. The van der Waals surface area contributed by atoms with Crippen LogP contribution in [0.25, 0.3) is 0 Å². The lowest BCUT2D eigenvalue weighted by atomic mass is 10.1. The van der Waals surface area contributed by atoms with Gasteiger partial charge in [-0.3, -0.25) is 4.79 Å². The van der Waals surface area contributed by atoms with Crippen LogP contribution in [-0.2, 0) is 17.6 Å². The topological polar surface area (TPSA) is 61.4 Å². The summed E-state index contributed by atoms with van der Waals surface area (Å²) in [5.41, 5.74) is 4.71. The molecule has 0 fully saturated rings. The Bertz CT molecular complexity index is 1030. The Labute approximate surface area is 176 Å². The maximum atomic E-state index is 13.5. The molecule has 0 aromatic heterocycles. The first-order chi connectivity index (χ1) is 14.7. The summed E-state index contributed by atoms with van der Waals surface area (Å²) in [4.78, 5) is 28.0. The number of nitrogens with one attached hydrogen (secondary N) is 2. The van der Waals surface area contributed by atoms with Gasteiger partial charge in [0.05, 0.1) is 0 Å². The molecule has 1 aliphatic rings. The van der Waals surface area contributed by atoms with Gasteiger partial charge >= 0.3 is 6.03 Å². The summed E-state index contributed by atoms with van der Waals surface area (Å²) in [5.74, 6) is -0.136. The minimum Gasteiger partial charge on any atom is -0.322 e. The zero-order valence-corrected chi connectivity index (χ0v) is 17.0. The molecule has 0 radical (unpaired) electrons. The van der Waals surface area contributed by atoms with Crippen LogP contribution in [0.15, 0.2) is 78.9 Å². The third-order valence-corrected chi connectivity index (χ3v) is 5.43. The predicted molar refractivity (Wildman–Crippen MR) is 120 cm³/mol. The number of aryl methyl sites for hydroxylation is 1. The number of para-hydroxylation sites is 1. The van der Waals surface area contributed by atoms with E-state index < -0.39 is 12.1 Å². The van der Waals surface area contributed by atoms with Crippen molar-refractivity contribution in [3.8, 4) is 0 Å². The SMILES string of the molecule is CCc1ccc(NC(=O)N[C@H](C(=O)N2CCc3ccccc32)c2ccccc2)cc1. The summed E-state index contributed by atoms with van der Waals surface area (Å²) in [5, 5.41) is 5.71. The molecule has 5 heteroatoms. The lowest BCUT2D eigenvalue weighted by Gasteiger charge is -2.25. The van der Waals surface area contributed by atoms with Gasteiger partial charge < -0.3 is 15.5 Å². The molecule has 1 aliphatic heterocycles. The van der Waals surface area contributed by atoms with Crippen molar-refractivity contribution in [2.24, 2.45) is 0 Å². The standard InChI is InChI=1S/C25H25N3O2/c1-2-18-12-14-21(15-13-18)26-25(30)27-23(20-9-4-3-5-10-20)24(29)28-17-16-19-8-6-7-11-22(19)28/h3-15,23H,2,16-17H2,1H3,(H2,26,27,30)/t23-/m0/s1. The average Bonchev–Trinajstić information content (AvgIpc) is 3.22. The summed E-state index contributed by atoms with van der Waals surface area (Å²) in [6, 6.07) is 23.8. The fourth-order valence-corrected chi connectivity index (χ4v) is 3.78. The normalized spacial score (nSPS) is 13.4. The molecule has 5 nitrogen and oxygen atoms in total. The van der Waals surface area contributed by atoms with Crippen molar-refractivity contribution in [2.45, 2.75) is 25.8 Å². The monoisotopic (exact) mass is 399 g/mol. The number of rotatable bonds is 5. The Morgan fingerprint density at radius 2 is 1.63 bits per heavy atom. The van der Waals surface area contributed by atoms with Crippen LogP contribution in [0.2, 0.25) is 0 Å². The lowest BCUT2D eigenvalue weighted by molar-refractivity contribution is -0.120. The largest absolute Gasteiger partial charge is 0.322 e. The Kier molecular flexibility index (Phi) is 5.80. The minimum atomic E-state index is -0.771. The van der Waals surface area contributed by atoms with Crippen LogP contribution in [0, 0.1) is 0 Å². The van der Waals surface area contributed by atoms with E-state index in [0.717, 1.165) is 29.7 Å². The molecule has 1 atom stereocenters. The molecule has 3 amide bonds. The van der Waals surface area contributed by atoms with Gasteiger partial charge in [0.1, 0.15) is 6.04 Å². The molecule has 1 heterocycles. The quantitative estimate of drug-likeness (QED) is 0.653. The summed E-state index contributed by atoms with van der Waals surface area (Å²) in [7, 11) is 0. The molecule has 2 N–H and O–H groups in total. The fraction of sp³-hybridized carbons (Fsp3) is 0.200. The molecule has 4 rings (SSSR count).